The van der Waals surface area contributed by atoms with Crippen molar-refractivity contribution >= 4 is 23.4 Å². The van der Waals surface area contributed by atoms with Gasteiger partial charge in [0.05, 0.1) is 6.54 Å². The Balaban J connectivity index is 1.42. The molecular weight excluding hydrogens is 320 g/mol. The minimum absolute atomic E-state index is 0.0439. The number of hydrogen-bond donors (Lipinski definition) is 2. The van der Waals surface area contributed by atoms with Crippen LogP contribution in [0, 0.1) is 0 Å². The van der Waals surface area contributed by atoms with Crippen molar-refractivity contribution in [2.45, 2.75) is 0 Å². The van der Waals surface area contributed by atoms with E-state index in [1.165, 1.54) is 0 Å². The molecule has 1 aromatic carbocycles. The number of carbonyl (C=O) groups excluding carboxylic acids is 2. The minimum atomic E-state index is -0.160. The Labute approximate surface area is 146 Å². The number of anilines is 2. The molecule has 25 heavy (non-hydrogen) atoms. The average Bonchev–Trinajstić information content (AvgIpc) is 3.01. The van der Waals surface area contributed by atoms with Crippen LogP contribution >= 0.6 is 0 Å². The normalized spacial score (nSPS) is 15.0. The number of aromatic nitrogens is 2. The first-order chi connectivity index (χ1) is 12.1. The second-order valence-electron chi connectivity index (χ2n) is 5.98. The van der Waals surface area contributed by atoms with Gasteiger partial charge in [0.2, 0.25) is 5.91 Å². The first-order valence-corrected chi connectivity index (χ1v) is 8.23. The topological polar surface area (TPSA) is 82.5 Å². The lowest BCUT2D eigenvalue weighted by Gasteiger charge is -2.34. The smallest absolute Gasteiger partial charge is 0.323 e. The van der Waals surface area contributed by atoms with Crippen molar-refractivity contribution in [2.75, 3.05) is 43.4 Å². The molecule has 1 aromatic heterocycles. The molecule has 1 aliphatic rings. The Morgan fingerprint density at radius 1 is 1.04 bits per heavy atom. The van der Waals surface area contributed by atoms with Gasteiger partial charge in [0, 0.05) is 51.2 Å². The SMILES string of the molecule is Cn1ccc(NC(=O)N2CCN(CC(=O)Nc3ccccc3)CC2)n1. The highest BCUT2D eigenvalue weighted by atomic mass is 16.2. The minimum Gasteiger partial charge on any atom is -0.325 e. The first kappa shape index (κ1) is 17.0. The summed E-state index contributed by atoms with van der Waals surface area (Å²) in [7, 11) is 1.80. The van der Waals surface area contributed by atoms with E-state index in [2.05, 4.69) is 15.7 Å². The predicted molar refractivity (Wildman–Crippen MR) is 95.3 cm³/mol. The second-order valence-corrected chi connectivity index (χ2v) is 5.98. The molecular formula is C17H22N6O2. The third-order valence-electron chi connectivity index (χ3n) is 4.03. The lowest BCUT2D eigenvalue weighted by Crippen LogP contribution is -2.51. The molecule has 8 nitrogen and oxygen atoms in total. The van der Waals surface area contributed by atoms with Crippen molar-refractivity contribution < 1.29 is 9.59 Å². The van der Waals surface area contributed by atoms with E-state index in [1.54, 1.807) is 28.9 Å². The summed E-state index contributed by atoms with van der Waals surface area (Å²) in [5, 5.41) is 9.79. The maximum Gasteiger partial charge on any atom is 0.323 e. The van der Waals surface area contributed by atoms with Crippen molar-refractivity contribution in [3.8, 4) is 0 Å². The number of nitrogens with one attached hydrogen (secondary N) is 2. The molecule has 132 valence electrons. The van der Waals surface area contributed by atoms with E-state index in [9.17, 15) is 9.59 Å². The van der Waals surface area contributed by atoms with Gasteiger partial charge in [-0.25, -0.2) is 4.79 Å². The van der Waals surface area contributed by atoms with E-state index in [-0.39, 0.29) is 11.9 Å². The monoisotopic (exact) mass is 342 g/mol. The quantitative estimate of drug-likeness (QED) is 0.875. The van der Waals surface area contributed by atoms with E-state index in [1.807, 2.05) is 35.2 Å². The fourth-order valence-corrected chi connectivity index (χ4v) is 2.70. The van der Waals surface area contributed by atoms with E-state index >= 15 is 0 Å². The molecule has 1 aliphatic heterocycles. The molecule has 2 heterocycles. The number of amides is 3. The number of hydrogen-bond acceptors (Lipinski definition) is 4. The van der Waals surface area contributed by atoms with Crippen LogP contribution in [0.25, 0.3) is 0 Å². The van der Waals surface area contributed by atoms with Crippen LogP contribution in [0.4, 0.5) is 16.3 Å². The maximum atomic E-state index is 12.2. The van der Waals surface area contributed by atoms with Gasteiger partial charge >= 0.3 is 6.03 Å². The van der Waals surface area contributed by atoms with Gasteiger partial charge in [0.1, 0.15) is 0 Å². The number of rotatable bonds is 4. The zero-order valence-electron chi connectivity index (χ0n) is 14.2. The first-order valence-electron chi connectivity index (χ1n) is 8.23. The molecule has 0 atom stereocenters. The van der Waals surface area contributed by atoms with Gasteiger partial charge in [-0.2, -0.15) is 5.10 Å². The molecule has 2 N–H and O–H groups in total. The summed E-state index contributed by atoms with van der Waals surface area (Å²) in [5.41, 5.74) is 0.792. The molecule has 1 fully saturated rings. The van der Waals surface area contributed by atoms with Gasteiger partial charge in [-0.15, -0.1) is 0 Å². The molecule has 2 aromatic rings. The molecule has 8 heteroatoms. The summed E-state index contributed by atoms with van der Waals surface area (Å²) < 4.78 is 1.64. The highest BCUT2D eigenvalue weighted by molar-refractivity contribution is 5.92. The highest BCUT2D eigenvalue weighted by Crippen LogP contribution is 2.08. The van der Waals surface area contributed by atoms with E-state index in [0.29, 0.717) is 38.5 Å². The second kappa shape index (κ2) is 7.80. The van der Waals surface area contributed by atoms with Crippen molar-refractivity contribution in [1.82, 2.24) is 19.6 Å². The summed E-state index contributed by atoms with van der Waals surface area (Å²) in [6.45, 7) is 2.81. The van der Waals surface area contributed by atoms with Crippen LogP contribution < -0.4 is 10.6 Å². The number of aryl methyl sites for hydroxylation is 1. The molecule has 0 bridgehead atoms. The zero-order valence-corrected chi connectivity index (χ0v) is 14.2. The van der Waals surface area contributed by atoms with E-state index in [4.69, 9.17) is 0 Å². The number of urea groups is 1. The number of piperazine rings is 1. The molecule has 0 radical (unpaired) electrons. The van der Waals surface area contributed by atoms with Crippen molar-refractivity contribution in [1.29, 1.82) is 0 Å². The Morgan fingerprint density at radius 2 is 1.76 bits per heavy atom. The van der Waals surface area contributed by atoms with Crippen LogP contribution in [-0.4, -0.2) is 64.2 Å². The van der Waals surface area contributed by atoms with Gasteiger partial charge < -0.3 is 10.2 Å². The molecule has 0 saturated carbocycles. The number of para-hydroxylation sites is 1. The van der Waals surface area contributed by atoms with Crippen LogP contribution in [-0.2, 0) is 11.8 Å². The maximum absolute atomic E-state index is 12.2. The Hall–Kier alpha value is -2.87. The Kier molecular flexibility index (Phi) is 5.30. The summed E-state index contributed by atoms with van der Waals surface area (Å²) in [6.07, 6.45) is 1.78. The average molecular weight is 342 g/mol. The molecule has 0 unspecified atom stereocenters. The van der Waals surface area contributed by atoms with Crippen LogP contribution in [0.5, 0.6) is 0 Å². The zero-order chi connectivity index (χ0) is 17.6. The molecule has 3 amide bonds. The number of benzene rings is 1. The Bertz CT molecular complexity index is 722. The fourth-order valence-electron chi connectivity index (χ4n) is 2.70. The van der Waals surface area contributed by atoms with Gasteiger partial charge in [-0.05, 0) is 12.1 Å². The predicted octanol–water partition coefficient (Wildman–Crippen LogP) is 1.21. The molecule has 0 spiro atoms. The van der Waals surface area contributed by atoms with Crippen molar-refractivity contribution in [2.24, 2.45) is 7.05 Å². The largest absolute Gasteiger partial charge is 0.325 e. The van der Waals surface area contributed by atoms with Crippen LogP contribution in [0.15, 0.2) is 42.6 Å². The third kappa shape index (κ3) is 4.80. The number of carbonyl (C=O) groups is 2. The summed E-state index contributed by atoms with van der Waals surface area (Å²) in [5.74, 6) is 0.495. The Morgan fingerprint density at radius 3 is 2.40 bits per heavy atom. The van der Waals surface area contributed by atoms with Crippen molar-refractivity contribution in [3.63, 3.8) is 0 Å². The molecule has 1 saturated heterocycles. The van der Waals surface area contributed by atoms with E-state index < -0.39 is 0 Å². The van der Waals surface area contributed by atoms with Gasteiger partial charge in [-0.3, -0.25) is 19.7 Å². The van der Waals surface area contributed by atoms with Gasteiger partial charge in [0.15, 0.2) is 5.82 Å². The van der Waals surface area contributed by atoms with Crippen LogP contribution in [0.2, 0.25) is 0 Å². The summed E-state index contributed by atoms with van der Waals surface area (Å²) >= 11 is 0. The molecule has 0 aliphatic carbocycles. The standard InChI is InChI=1S/C17H22N6O2/c1-21-8-7-15(20-21)19-17(25)23-11-9-22(10-12-23)13-16(24)18-14-5-3-2-4-6-14/h2-8H,9-13H2,1H3,(H,18,24)(H,19,20,25). The summed E-state index contributed by atoms with van der Waals surface area (Å²) in [4.78, 5) is 28.1. The van der Waals surface area contributed by atoms with Gasteiger partial charge in [-0.1, -0.05) is 18.2 Å². The van der Waals surface area contributed by atoms with Crippen molar-refractivity contribution in [3.05, 3.63) is 42.6 Å². The van der Waals surface area contributed by atoms with Gasteiger partial charge in [0.25, 0.3) is 0 Å². The fraction of sp³-hybridized carbons (Fsp3) is 0.353. The number of nitrogens with zero attached hydrogens (tertiary/aromatic N) is 4. The lowest BCUT2D eigenvalue weighted by atomic mass is 10.3. The van der Waals surface area contributed by atoms with E-state index in [0.717, 1.165) is 5.69 Å². The van der Waals surface area contributed by atoms with Crippen LogP contribution in [0.3, 0.4) is 0 Å². The highest BCUT2D eigenvalue weighted by Gasteiger charge is 2.22. The molecule has 3 rings (SSSR count). The third-order valence-corrected chi connectivity index (χ3v) is 4.03. The summed E-state index contributed by atoms with van der Waals surface area (Å²) in [6, 6.07) is 11.0. The lowest BCUT2D eigenvalue weighted by molar-refractivity contribution is -0.117. The van der Waals surface area contributed by atoms with Crippen LogP contribution in [0.1, 0.15) is 0 Å².